The molecule has 0 unspecified atom stereocenters. The van der Waals surface area contributed by atoms with Crippen molar-refractivity contribution in [2.75, 3.05) is 5.32 Å². The first kappa shape index (κ1) is 19.9. The van der Waals surface area contributed by atoms with Crippen LogP contribution in [0.1, 0.15) is 41.5 Å². The monoisotopic (exact) mass is 373 g/mol. The van der Waals surface area contributed by atoms with Crippen molar-refractivity contribution in [1.29, 1.82) is 0 Å². The number of nitrogens with one attached hydrogen (secondary N) is 3. The molecule has 0 atom stereocenters. The van der Waals surface area contributed by atoms with E-state index in [9.17, 15) is 18.8 Å². The molecule has 2 aromatic rings. The molecule has 0 aliphatic carbocycles. The molecule has 0 saturated heterocycles. The van der Waals surface area contributed by atoms with Crippen LogP contribution in [0.2, 0.25) is 0 Å². The molecule has 27 heavy (non-hydrogen) atoms. The molecule has 0 aliphatic rings. The highest BCUT2D eigenvalue weighted by molar-refractivity contribution is 5.99. The summed E-state index contributed by atoms with van der Waals surface area (Å²) in [4.78, 5) is 35.9. The van der Waals surface area contributed by atoms with Crippen LogP contribution in [0, 0.1) is 5.82 Å². The molecule has 0 heterocycles. The van der Waals surface area contributed by atoms with Gasteiger partial charge in [-0.3, -0.25) is 25.8 Å². The summed E-state index contributed by atoms with van der Waals surface area (Å²) in [6.45, 7) is 5.21. The lowest BCUT2D eigenvalue weighted by Gasteiger charge is -2.19. The van der Waals surface area contributed by atoms with Gasteiger partial charge in [0, 0.05) is 16.8 Å². The summed E-state index contributed by atoms with van der Waals surface area (Å²) in [7, 11) is 0. The number of ether oxygens (including phenoxy) is 1. The van der Waals surface area contributed by atoms with Gasteiger partial charge in [0.1, 0.15) is 11.4 Å². The first-order valence-corrected chi connectivity index (χ1v) is 8.10. The summed E-state index contributed by atoms with van der Waals surface area (Å²) in [5.41, 5.74) is 4.61. The van der Waals surface area contributed by atoms with Crippen LogP contribution in [0.15, 0.2) is 48.5 Å². The van der Waals surface area contributed by atoms with E-state index in [4.69, 9.17) is 4.74 Å². The van der Waals surface area contributed by atoms with E-state index in [1.165, 1.54) is 24.3 Å². The molecular weight excluding hydrogens is 353 g/mol. The van der Waals surface area contributed by atoms with Gasteiger partial charge in [0.05, 0.1) is 0 Å². The van der Waals surface area contributed by atoms with Crippen molar-refractivity contribution >= 4 is 23.6 Å². The second-order valence-corrected chi connectivity index (χ2v) is 6.62. The van der Waals surface area contributed by atoms with Crippen molar-refractivity contribution in [2.45, 2.75) is 26.4 Å². The van der Waals surface area contributed by atoms with E-state index in [0.717, 1.165) is 12.1 Å². The van der Waals surface area contributed by atoms with Crippen molar-refractivity contribution in [3.8, 4) is 0 Å². The van der Waals surface area contributed by atoms with Crippen molar-refractivity contribution < 1.29 is 23.5 Å². The maximum Gasteiger partial charge on any atom is 0.412 e. The Hall–Kier alpha value is -3.42. The molecule has 3 N–H and O–H groups in total. The van der Waals surface area contributed by atoms with E-state index in [0.29, 0.717) is 5.69 Å². The largest absolute Gasteiger partial charge is 0.444 e. The van der Waals surface area contributed by atoms with Crippen molar-refractivity contribution in [2.24, 2.45) is 0 Å². The summed E-state index contributed by atoms with van der Waals surface area (Å²) >= 11 is 0. The third-order valence-corrected chi connectivity index (χ3v) is 3.17. The van der Waals surface area contributed by atoms with E-state index >= 15 is 0 Å². The third kappa shape index (κ3) is 6.43. The zero-order valence-corrected chi connectivity index (χ0v) is 15.1. The van der Waals surface area contributed by atoms with Crippen LogP contribution in [-0.4, -0.2) is 23.5 Å². The Bertz CT molecular complexity index is 845. The van der Waals surface area contributed by atoms with Crippen LogP contribution in [-0.2, 0) is 4.74 Å². The molecule has 0 aliphatic heterocycles. The van der Waals surface area contributed by atoms with Gasteiger partial charge in [0.25, 0.3) is 11.8 Å². The van der Waals surface area contributed by atoms with Crippen LogP contribution in [0.25, 0.3) is 0 Å². The number of halogens is 1. The van der Waals surface area contributed by atoms with E-state index in [2.05, 4.69) is 16.2 Å². The van der Waals surface area contributed by atoms with Gasteiger partial charge in [0.2, 0.25) is 0 Å². The van der Waals surface area contributed by atoms with Crippen LogP contribution in [0.4, 0.5) is 14.9 Å². The van der Waals surface area contributed by atoms with E-state index in [-0.39, 0.29) is 11.1 Å². The van der Waals surface area contributed by atoms with Crippen molar-refractivity contribution in [3.05, 3.63) is 65.5 Å². The van der Waals surface area contributed by atoms with E-state index < -0.39 is 29.3 Å². The van der Waals surface area contributed by atoms with E-state index in [1.54, 1.807) is 32.9 Å². The fourth-order valence-corrected chi connectivity index (χ4v) is 2.02. The number of carbonyl (C=O) groups is 3. The predicted octanol–water partition coefficient (Wildman–Crippen LogP) is 3.25. The minimum absolute atomic E-state index is 0.192. The van der Waals surface area contributed by atoms with Crippen LogP contribution in [0.3, 0.4) is 0 Å². The lowest BCUT2D eigenvalue weighted by Crippen LogP contribution is -2.41. The Balaban J connectivity index is 1.95. The number of hydrogen-bond donors (Lipinski definition) is 3. The van der Waals surface area contributed by atoms with Gasteiger partial charge in [-0.15, -0.1) is 0 Å². The van der Waals surface area contributed by atoms with Gasteiger partial charge in [-0.25, -0.2) is 9.18 Å². The van der Waals surface area contributed by atoms with Gasteiger partial charge in [-0.05, 0) is 63.2 Å². The number of hydrazine groups is 1. The van der Waals surface area contributed by atoms with Crippen molar-refractivity contribution in [3.63, 3.8) is 0 Å². The molecule has 0 fully saturated rings. The molecule has 0 saturated carbocycles. The molecule has 2 aromatic carbocycles. The second kappa shape index (κ2) is 8.31. The normalized spacial score (nSPS) is 10.7. The van der Waals surface area contributed by atoms with Crippen molar-refractivity contribution in [1.82, 2.24) is 10.9 Å². The topological polar surface area (TPSA) is 96.5 Å². The van der Waals surface area contributed by atoms with Crippen LogP contribution < -0.4 is 16.2 Å². The first-order valence-electron chi connectivity index (χ1n) is 8.10. The van der Waals surface area contributed by atoms with Gasteiger partial charge >= 0.3 is 6.09 Å². The second-order valence-electron chi connectivity index (χ2n) is 6.62. The molecule has 0 radical (unpaired) electrons. The Morgan fingerprint density at radius 3 is 2.07 bits per heavy atom. The summed E-state index contributed by atoms with van der Waals surface area (Å²) in [5.74, 6) is -1.64. The number of amides is 3. The van der Waals surface area contributed by atoms with Gasteiger partial charge in [-0.2, -0.15) is 0 Å². The van der Waals surface area contributed by atoms with E-state index in [1.807, 2.05) is 0 Å². The highest BCUT2D eigenvalue weighted by Gasteiger charge is 2.17. The smallest absolute Gasteiger partial charge is 0.412 e. The minimum Gasteiger partial charge on any atom is -0.444 e. The molecule has 0 spiro atoms. The predicted molar refractivity (Wildman–Crippen MR) is 97.6 cm³/mol. The highest BCUT2D eigenvalue weighted by Crippen LogP contribution is 2.13. The SMILES string of the molecule is CC(C)(C)OC(=O)Nc1cccc(C(=O)NNC(=O)c2ccc(F)cc2)c1. The molecule has 0 bridgehead atoms. The number of anilines is 1. The maximum atomic E-state index is 12.9. The summed E-state index contributed by atoms with van der Waals surface area (Å²) in [5, 5.41) is 2.53. The van der Waals surface area contributed by atoms with Crippen LogP contribution >= 0.6 is 0 Å². The maximum absolute atomic E-state index is 12.9. The molecule has 142 valence electrons. The standard InChI is InChI=1S/C19H20FN3O4/c1-19(2,3)27-18(26)21-15-6-4-5-13(11-15)17(25)23-22-16(24)12-7-9-14(20)10-8-12/h4-11H,1-3H3,(H,21,26)(H,22,24)(H,23,25). The van der Waals surface area contributed by atoms with Gasteiger partial charge in [-0.1, -0.05) is 6.07 Å². The average Bonchev–Trinajstić information content (AvgIpc) is 2.58. The summed E-state index contributed by atoms with van der Waals surface area (Å²) < 4.78 is 18.0. The summed E-state index contributed by atoms with van der Waals surface area (Å²) in [6.07, 6.45) is -0.648. The summed E-state index contributed by atoms with van der Waals surface area (Å²) in [6, 6.07) is 11.0. The van der Waals surface area contributed by atoms with Crippen LogP contribution in [0.5, 0.6) is 0 Å². The Morgan fingerprint density at radius 1 is 0.889 bits per heavy atom. The molecule has 8 heteroatoms. The fraction of sp³-hybridized carbons (Fsp3) is 0.211. The molecule has 3 amide bonds. The Morgan fingerprint density at radius 2 is 1.48 bits per heavy atom. The average molecular weight is 373 g/mol. The number of hydrogen-bond acceptors (Lipinski definition) is 4. The van der Waals surface area contributed by atoms with Gasteiger partial charge in [0.15, 0.2) is 0 Å². The molecule has 0 aromatic heterocycles. The number of rotatable bonds is 3. The lowest BCUT2D eigenvalue weighted by molar-refractivity contribution is 0.0635. The number of carbonyl (C=O) groups excluding carboxylic acids is 3. The van der Waals surface area contributed by atoms with Gasteiger partial charge < -0.3 is 4.74 Å². The third-order valence-electron chi connectivity index (χ3n) is 3.17. The highest BCUT2D eigenvalue weighted by atomic mass is 19.1. The Labute approximate surface area is 155 Å². The zero-order valence-electron chi connectivity index (χ0n) is 15.1. The Kier molecular flexibility index (Phi) is 6.12. The molecule has 7 nitrogen and oxygen atoms in total. The molecular formula is C19H20FN3O4. The quantitative estimate of drug-likeness (QED) is 0.720. The zero-order chi connectivity index (χ0) is 20.0. The molecule has 2 rings (SSSR count). The lowest BCUT2D eigenvalue weighted by atomic mass is 10.2. The number of benzene rings is 2. The first-order chi connectivity index (χ1) is 12.6. The minimum atomic E-state index is -0.649. The fourth-order valence-electron chi connectivity index (χ4n) is 2.02.